The lowest BCUT2D eigenvalue weighted by atomic mass is 10.1. The third-order valence-electron chi connectivity index (χ3n) is 3.24. The highest BCUT2D eigenvalue weighted by Crippen LogP contribution is 2.26. The van der Waals surface area contributed by atoms with E-state index in [0.29, 0.717) is 24.5 Å². The van der Waals surface area contributed by atoms with Gasteiger partial charge in [0.05, 0.1) is 5.69 Å². The van der Waals surface area contributed by atoms with Crippen molar-refractivity contribution in [1.82, 2.24) is 10.2 Å². The van der Waals surface area contributed by atoms with Crippen molar-refractivity contribution < 1.29 is 9.32 Å². The summed E-state index contributed by atoms with van der Waals surface area (Å²) in [6, 6.07) is 9.42. The van der Waals surface area contributed by atoms with Gasteiger partial charge in [-0.1, -0.05) is 5.16 Å². The summed E-state index contributed by atoms with van der Waals surface area (Å²) < 4.78 is 5.10. The second kappa shape index (κ2) is 4.31. The molecule has 0 radical (unpaired) electrons. The van der Waals surface area contributed by atoms with Crippen molar-refractivity contribution >= 4 is 17.4 Å². The molecule has 0 unspecified atom stereocenters. The van der Waals surface area contributed by atoms with Crippen LogP contribution < -0.4 is 10.7 Å². The molecule has 0 saturated carbocycles. The van der Waals surface area contributed by atoms with Gasteiger partial charge in [-0.05, 0) is 24.3 Å². The molecule has 1 saturated heterocycles. The van der Waals surface area contributed by atoms with Gasteiger partial charge in [-0.3, -0.25) is 14.8 Å². The highest BCUT2D eigenvalue weighted by molar-refractivity contribution is 5.81. The number of hydrogen-bond donors (Lipinski definition) is 1. The molecule has 1 amide bonds. The first-order valence-electron chi connectivity index (χ1n) is 6.02. The van der Waals surface area contributed by atoms with Crippen molar-refractivity contribution in [2.75, 3.05) is 24.3 Å². The average Bonchev–Trinajstić information content (AvgIpc) is 2.98. The zero-order chi connectivity index (χ0) is 13.4. The van der Waals surface area contributed by atoms with Crippen molar-refractivity contribution in [2.45, 2.75) is 6.42 Å². The van der Waals surface area contributed by atoms with Crippen molar-refractivity contribution in [3.63, 3.8) is 0 Å². The molecule has 1 aromatic carbocycles. The maximum atomic E-state index is 11.5. The van der Waals surface area contributed by atoms with Crippen LogP contribution in [0.3, 0.4) is 0 Å². The van der Waals surface area contributed by atoms with Crippen molar-refractivity contribution in [3.8, 4) is 11.3 Å². The van der Waals surface area contributed by atoms with Crippen LogP contribution in [0.1, 0.15) is 6.42 Å². The number of nitrogen functional groups attached to an aromatic ring is 1. The van der Waals surface area contributed by atoms with Gasteiger partial charge in [0.2, 0.25) is 5.91 Å². The number of rotatable bonds is 2. The van der Waals surface area contributed by atoms with Crippen molar-refractivity contribution in [2.24, 2.45) is 0 Å². The summed E-state index contributed by atoms with van der Waals surface area (Å²) in [5.74, 6) is 1.13. The van der Waals surface area contributed by atoms with Crippen molar-refractivity contribution in [1.29, 1.82) is 0 Å². The molecule has 0 bridgehead atoms. The Morgan fingerprint density at radius 1 is 1.32 bits per heavy atom. The van der Waals surface area contributed by atoms with E-state index >= 15 is 0 Å². The van der Waals surface area contributed by atoms with E-state index in [9.17, 15) is 4.79 Å². The number of nitrogens with two attached hydrogens (primary N) is 1. The molecule has 3 rings (SSSR count). The van der Waals surface area contributed by atoms with E-state index in [1.54, 1.807) is 18.1 Å². The lowest BCUT2D eigenvalue weighted by Crippen LogP contribution is -2.35. The number of nitrogens with zero attached hydrogens (tertiary/aromatic N) is 3. The maximum absolute atomic E-state index is 11.5. The van der Waals surface area contributed by atoms with Crippen molar-refractivity contribution in [3.05, 3.63) is 30.3 Å². The Kier molecular flexibility index (Phi) is 2.63. The zero-order valence-corrected chi connectivity index (χ0v) is 10.5. The van der Waals surface area contributed by atoms with E-state index in [1.165, 1.54) is 0 Å². The van der Waals surface area contributed by atoms with E-state index in [-0.39, 0.29) is 5.91 Å². The second-order valence-corrected chi connectivity index (χ2v) is 4.45. The molecule has 1 aliphatic rings. The average molecular weight is 258 g/mol. The second-order valence-electron chi connectivity index (χ2n) is 4.45. The molecule has 0 aliphatic carbocycles. The third-order valence-corrected chi connectivity index (χ3v) is 3.24. The predicted octanol–water partition coefficient (Wildman–Crippen LogP) is 1.51. The molecule has 1 aliphatic heterocycles. The highest BCUT2D eigenvalue weighted by Gasteiger charge is 2.25. The minimum absolute atomic E-state index is 0.132. The Balaban J connectivity index is 1.85. The molecule has 1 aromatic heterocycles. The van der Waals surface area contributed by atoms with Crippen LogP contribution in [0.2, 0.25) is 0 Å². The van der Waals surface area contributed by atoms with E-state index in [2.05, 4.69) is 5.16 Å². The van der Waals surface area contributed by atoms with Gasteiger partial charge in [-0.25, -0.2) is 0 Å². The molecule has 2 N–H and O–H groups in total. The summed E-state index contributed by atoms with van der Waals surface area (Å²) in [6.07, 6.45) is 0.552. The van der Waals surface area contributed by atoms with E-state index in [4.69, 9.17) is 10.3 Å². The lowest BCUT2D eigenvalue weighted by molar-refractivity contribution is -0.126. The minimum atomic E-state index is 0.132. The van der Waals surface area contributed by atoms with Gasteiger partial charge in [0.1, 0.15) is 0 Å². The largest absolute Gasteiger partial charge is 0.381 e. The fourth-order valence-corrected chi connectivity index (χ4v) is 2.17. The molecule has 19 heavy (non-hydrogen) atoms. The number of aromatic nitrogens is 1. The van der Waals surface area contributed by atoms with Crippen LogP contribution in [-0.2, 0) is 4.79 Å². The first-order chi connectivity index (χ1) is 9.15. The van der Waals surface area contributed by atoms with E-state index < -0.39 is 0 Å². The molecule has 6 heteroatoms. The van der Waals surface area contributed by atoms with Crippen LogP contribution in [0.25, 0.3) is 11.3 Å². The molecule has 0 atom stereocenters. The van der Waals surface area contributed by atoms with Gasteiger partial charge in [-0.15, -0.1) is 0 Å². The molecule has 6 nitrogen and oxygen atoms in total. The number of hydrazine groups is 1. The van der Waals surface area contributed by atoms with Crippen LogP contribution in [0.5, 0.6) is 0 Å². The summed E-state index contributed by atoms with van der Waals surface area (Å²) in [7, 11) is 1.78. The Labute approximate surface area is 110 Å². The van der Waals surface area contributed by atoms with Gasteiger partial charge < -0.3 is 10.3 Å². The number of carbonyl (C=O) groups is 1. The fraction of sp³-hybridized carbons (Fsp3) is 0.231. The number of amides is 1. The molecular formula is C13H14N4O2. The normalized spacial score (nSPS) is 15.3. The Morgan fingerprint density at radius 3 is 2.58 bits per heavy atom. The van der Waals surface area contributed by atoms with Crippen LogP contribution in [-0.4, -0.2) is 29.7 Å². The zero-order valence-electron chi connectivity index (χ0n) is 10.5. The first kappa shape index (κ1) is 11.6. The number of hydrogen-bond acceptors (Lipinski definition) is 5. The highest BCUT2D eigenvalue weighted by atomic mass is 16.5. The molecule has 2 heterocycles. The number of anilines is 2. The summed E-state index contributed by atoms with van der Waals surface area (Å²) >= 11 is 0. The molecular weight excluding hydrogens is 244 g/mol. The summed E-state index contributed by atoms with van der Waals surface area (Å²) in [4.78, 5) is 11.5. The molecule has 2 aromatic rings. The summed E-state index contributed by atoms with van der Waals surface area (Å²) in [5.41, 5.74) is 7.40. The lowest BCUT2D eigenvalue weighted by Gasteiger charge is -2.26. The standard InChI is InChI=1S/C13H14N4O2/c1-16-13(18)6-7-17(16)10-4-2-9(3-5-10)11-8-12(14)15-19-11/h2-5,8H,6-7H2,1H3,(H2,14,15). The molecule has 0 spiro atoms. The van der Waals surface area contributed by atoms with Gasteiger partial charge in [0.25, 0.3) is 0 Å². The minimum Gasteiger partial charge on any atom is -0.381 e. The Hall–Kier alpha value is -2.50. The fourth-order valence-electron chi connectivity index (χ4n) is 2.17. The van der Waals surface area contributed by atoms with Gasteiger partial charge in [-0.2, -0.15) is 0 Å². The van der Waals surface area contributed by atoms with Gasteiger partial charge in [0, 0.05) is 31.6 Å². The first-order valence-corrected chi connectivity index (χ1v) is 6.02. The Bertz CT molecular complexity index is 605. The van der Waals surface area contributed by atoms with E-state index in [0.717, 1.165) is 11.3 Å². The number of carbonyl (C=O) groups excluding carboxylic acids is 1. The third kappa shape index (κ3) is 2.01. The van der Waals surface area contributed by atoms with Crippen LogP contribution in [0.4, 0.5) is 11.5 Å². The predicted molar refractivity (Wildman–Crippen MR) is 71.1 cm³/mol. The van der Waals surface area contributed by atoms with Crippen LogP contribution in [0, 0.1) is 0 Å². The monoisotopic (exact) mass is 258 g/mol. The van der Waals surface area contributed by atoms with Gasteiger partial charge >= 0.3 is 0 Å². The van der Waals surface area contributed by atoms with Crippen LogP contribution in [0.15, 0.2) is 34.9 Å². The van der Waals surface area contributed by atoms with E-state index in [1.807, 2.05) is 29.3 Å². The Morgan fingerprint density at radius 2 is 2.05 bits per heavy atom. The number of benzene rings is 1. The summed E-state index contributed by atoms with van der Waals surface area (Å²) in [6.45, 7) is 0.712. The SMILES string of the molecule is CN1C(=O)CCN1c1ccc(-c2cc(N)no2)cc1. The van der Waals surface area contributed by atoms with Gasteiger partial charge in [0.15, 0.2) is 11.6 Å². The smallest absolute Gasteiger partial charge is 0.242 e. The van der Waals surface area contributed by atoms with Crippen LogP contribution >= 0.6 is 0 Å². The quantitative estimate of drug-likeness (QED) is 0.883. The maximum Gasteiger partial charge on any atom is 0.242 e. The topological polar surface area (TPSA) is 75.6 Å². The summed E-state index contributed by atoms with van der Waals surface area (Å²) in [5, 5.41) is 7.24. The molecule has 98 valence electrons. The molecule has 1 fully saturated rings.